The fraction of sp³-hybridized carbons (Fsp3) is 0.333. The maximum atomic E-state index is 13.1. The van der Waals surface area contributed by atoms with Gasteiger partial charge in [0.1, 0.15) is 0 Å². The zero-order valence-electron chi connectivity index (χ0n) is 15.1. The van der Waals surface area contributed by atoms with E-state index < -0.39 is 0 Å². The molecule has 4 rings (SSSR count). The number of carbonyl (C=O) groups is 1. The Bertz CT molecular complexity index is 877. The van der Waals surface area contributed by atoms with E-state index in [0.717, 1.165) is 29.8 Å². The second-order valence-electron chi connectivity index (χ2n) is 7.26. The highest BCUT2D eigenvalue weighted by Crippen LogP contribution is 2.36. The van der Waals surface area contributed by atoms with Crippen molar-refractivity contribution in [1.29, 1.82) is 0 Å². The van der Waals surface area contributed by atoms with Crippen molar-refractivity contribution in [3.63, 3.8) is 0 Å². The number of nitrogens with zero attached hydrogens (tertiary/aromatic N) is 2. The average Bonchev–Trinajstić information content (AvgIpc) is 2.97. The first-order valence-corrected chi connectivity index (χ1v) is 9.97. The van der Waals surface area contributed by atoms with Crippen LogP contribution in [0.1, 0.15) is 41.8 Å². The summed E-state index contributed by atoms with van der Waals surface area (Å²) in [6, 6.07) is 16.2. The van der Waals surface area contributed by atoms with Crippen molar-refractivity contribution < 1.29 is 4.79 Å². The molecule has 2 aliphatic rings. The predicted octanol–water partition coefficient (Wildman–Crippen LogP) is 3.94. The van der Waals surface area contributed by atoms with Gasteiger partial charge in [-0.3, -0.25) is 9.79 Å². The zero-order chi connectivity index (χ0) is 18.3. The smallest absolute Gasteiger partial charge is 0.258 e. The maximum absolute atomic E-state index is 13.1. The first kappa shape index (κ1) is 17.2. The second-order valence-corrected chi connectivity index (χ2v) is 8.37. The number of amidine groups is 1. The molecule has 2 heterocycles. The van der Waals surface area contributed by atoms with E-state index in [9.17, 15) is 4.79 Å². The van der Waals surface area contributed by atoms with Crippen molar-refractivity contribution in [2.45, 2.75) is 38.3 Å². The van der Waals surface area contributed by atoms with Gasteiger partial charge in [-0.1, -0.05) is 42.1 Å². The first-order valence-electron chi connectivity index (χ1n) is 8.98. The summed E-state index contributed by atoms with van der Waals surface area (Å²) in [5, 5.41) is 0.640. The van der Waals surface area contributed by atoms with Crippen LogP contribution in [0.2, 0.25) is 0 Å². The van der Waals surface area contributed by atoms with E-state index in [0.29, 0.717) is 10.7 Å². The number of fused-ring (bicyclic) bond motifs is 1. The molecule has 0 saturated carbocycles. The summed E-state index contributed by atoms with van der Waals surface area (Å²) < 4.78 is 0. The minimum absolute atomic E-state index is 0.0568. The lowest BCUT2D eigenvalue weighted by atomic mass is 9.89. The summed E-state index contributed by atoms with van der Waals surface area (Å²) in [6.07, 6.45) is 1.85. The molecular formula is C21H23N3OS. The van der Waals surface area contributed by atoms with E-state index in [4.69, 9.17) is 5.73 Å². The van der Waals surface area contributed by atoms with E-state index in [1.54, 1.807) is 11.8 Å². The Morgan fingerprint density at radius 3 is 2.69 bits per heavy atom. The molecule has 2 N–H and O–H groups in total. The quantitative estimate of drug-likeness (QED) is 0.877. The molecule has 0 fully saturated rings. The predicted molar refractivity (Wildman–Crippen MR) is 109 cm³/mol. The van der Waals surface area contributed by atoms with Gasteiger partial charge >= 0.3 is 0 Å². The topological polar surface area (TPSA) is 58.7 Å². The van der Waals surface area contributed by atoms with Gasteiger partial charge in [-0.2, -0.15) is 0 Å². The Morgan fingerprint density at radius 1 is 1.23 bits per heavy atom. The molecule has 0 aliphatic carbocycles. The van der Waals surface area contributed by atoms with Crippen LogP contribution in [-0.4, -0.2) is 22.9 Å². The molecule has 0 bridgehead atoms. The standard InChI is InChI=1S/C21H23N3OS/c1-14-13-16-5-3-4-6-18(16)24(14)19(25)15-7-9-17(10-8-15)21(2)11-12-26-20(22)23-21/h3-10,14H,11-13H2,1-2H3,(H2,22,23). The first-order chi connectivity index (χ1) is 12.5. The van der Waals surface area contributed by atoms with E-state index in [2.05, 4.69) is 24.9 Å². The van der Waals surface area contributed by atoms with Gasteiger partial charge in [-0.05, 0) is 56.0 Å². The molecule has 26 heavy (non-hydrogen) atoms. The third kappa shape index (κ3) is 2.90. The van der Waals surface area contributed by atoms with Crippen LogP contribution >= 0.6 is 11.8 Å². The zero-order valence-corrected chi connectivity index (χ0v) is 15.9. The lowest BCUT2D eigenvalue weighted by Gasteiger charge is -2.30. The van der Waals surface area contributed by atoms with Gasteiger partial charge in [0.05, 0.1) is 5.54 Å². The number of thioether (sulfide) groups is 1. The number of benzene rings is 2. The molecule has 4 nitrogen and oxygen atoms in total. The van der Waals surface area contributed by atoms with E-state index in [1.807, 2.05) is 47.4 Å². The highest BCUT2D eigenvalue weighted by molar-refractivity contribution is 8.13. The van der Waals surface area contributed by atoms with Crippen LogP contribution in [0, 0.1) is 0 Å². The maximum Gasteiger partial charge on any atom is 0.258 e. The van der Waals surface area contributed by atoms with Gasteiger partial charge in [-0.15, -0.1) is 0 Å². The van der Waals surface area contributed by atoms with Crippen LogP contribution in [-0.2, 0) is 12.0 Å². The number of rotatable bonds is 2. The molecule has 2 aromatic carbocycles. The number of nitrogens with two attached hydrogens (primary N) is 1. The molecule has 2 unspecified atom stereocenters. The van der Waals surface area contributed by atoms with Crippen molar-refractivity contribution in [1.82, 2.24) is 0 Å². The number of para-hydroxylation sites is 1. The third-order valence-electron chi connectivity index (χ3n) is 5.38. The molecule has 0 spiro atoms. The van der Waals surface area contributed by atoms with Gasteiger partial charge in [0.15, 0.2) is 5.17 Å². The minimum atomic E-state index is -0.301. The van der Waals surface area contributed by atoms with Crippen molar-refractivity contribution in [3.05, 3.63) is 65.2 Å². The molecule has 0 radical (unpaired) electrons. The Morgan fingerprint density at radius 2 is 1.96 bits per heavy atom. The normalized spacial score (nSPS) is 24.9. The second kappa shape index (κ2) is 6.47. The van der Waals surface area contributed by atoms with Crippen molar-refractivity contribution in [2.24, 2.45) is 10.7 Å². The minimum Gasteiger partial charge on any atom is -0.379 e. The molecule has 5 heteroatoms. The summed E-state index contributed by atoms with van der Waals surface area (Å²) >= 11 is 1.60. The van der Waals surface area contributed by atoms with E-state index in [-0.39, 0.29) is 17.5 Å². The molecule has 2 atom stereocenters. The van der Waals surface area contributed by atoms with Crippen LogP contribution in [0.15, 0.2) is 53.5 Å². The summed E-state index contributed by atoms with van der Waals surface area (Å²) in [4.78, 5) is 19.7. The van der Waals surface area contributed by atoms with Crippen LogP contribution in [0.3, 0.4) is 0 Å². The monoisotopic (exact) mass is 365 g/mol. The average molecular weight is 366 g/mol. The third-order valence-corrected chi connectivity index (χ3v) is 6.17. The van der Waals surface area contributed by atoms with Gasteiger partial charge < -0.3 is 10.6 Å². The lowest BCUT2D eigenvalue weighted by Crippen LogP contribution is -2.35. The summed E-state index contributed by atoms with van der Waals surface area (Å²) in [7, 11) is 0. The van der Waals surface area contributed by atoms with Crippen molar-refractivity contribution >= 4 is 28.5 Å². The highest BCUT2D eigenvalue weighted by atomic mass is 32.2. The Labute approximate surface area is 158 Å². The fourth-order valence-electron chi connectivity index (χ4n) is 3.88. The molecule has 0 saturated heterocycles. The Kier molecular flexibility index (Phi) is 4.27. The van der Waals surface area contributed by atoms with Gasteiger partial charge in [0, 0.05) is 23.0 Å². The lowest BCUT2D eigenvalue weighted by molar-refractivity contribution is 0.0981. The van der Waals surface area contributed by atoms with Gasteiger partial charge in [0.2, 0.25) is 0 Å². The Balaban J connectivity index is 1.62. The molecule has 1 amide bonds. The van der Waals surface area contributed by atoms with Gasteiger partial charge in [-0.25, -0.2) is 0 Å². The van der Waals surface area contributed by atoms with Crippen molar-refractivity contribution in [2.75, 3.05) is 10.7 Å². The summed E-state index contributed by atoms with van der Waals surface area (Å²) in [5.74, 6) is 1.02. The molecular weight excluding hydrogens is 342 g/mol. The number of carbonyl (C=O) groups excluding carboxylic acids is 1. The molecule has 2 aliphatic heterocycles. The highest BCUT2D eigenvalue weighted by Gasteiger charge is 2.32. The molecule has 2 aromatic rings. The van der Waals surface area contributed by atoms with E-state index in [1.165, 1.54) is 5.56 Å². The number of anilines is 1. The van der Waals surface area contributed by atoms with E-state index >= 15 is 0 Å². The summed E-state index contributed by atoms with van der Waals surface area (Å²) in [6.45, 7) is 4.21. The van der Waals surface area contributed by atoms with Gasteiger partial charge in [0.25, 0.3) is 5.91 Å². The summed E-state index contributed by atoms with van der Waals surface area (Å²) in [5.41, 5.74) is 9.70. The Hall–Kier alpha value is -2.27. The van der Waals surface area contributed by atoms with Crippen molar-refractivity contribution in [3.8, 4) is 0 Å². The largest absolute Gasteiger partial charge is 0.379 e. The van der Waals surface area contributed by atoms with Crippen LogP contribution in [0.4, 0.5) is 5.69 Å². The number of aliphatic imine (C=N–C) groups is 1. The van der Waals surface area contributed by atoms with Crippen LogP contribution < -0.4 is 10.6 Å². The molecule has 134 valence electrons. The fourth-order valence-corrected chi connectivity index (χ4v) is 4.86. The van der Waals surface area contributed by atoms with Crippen LogP contribution in [0.5, 0.6) is 0 Å². The number of hydrogen-bond acceptors (Lipinski definition) is 4. The number of amides is 1. The SMILES string of the molecule is CC1Cc2ccccc2N1C(=O)c1ccc(C2(C)CCSC(N)=N2)cc1. The molecule has 0 aromatic heterocycles. The number of hydrogen-bond donors (Lipinski definition) is 1. The van der Waals surface area contributed by atoms with Crippen LogP contribution in [0.25, 0.3) is 0 Å².